The molecule has 5 heteroatoms. The third kappa shape index (κ3) is 2.33. The summed E-state index contributed by atoms with van der Waals surface area (Å²) in [6.45, 7) is 0. The average Bonchev–Trinajstić information content (AvgIpc) is 3.16. The Hall–Kier alpha value is -3.31. The summed E-state index contributed by atoms with van der Waals surface area (Å²) in [6, 6.07) is 18.8. The number of aromatic nitrogens is 1. The van der Waals surface area contributed by atoms with Crippen LogP contribution in [0.15, 0.2) is 60.7 Å². The molecule has 1 heterocycles. The monoisotopic (exact) mass is 384 g/mol. The lowest BCUT2D eigenvalue weighted by Gasteiger charge is -2.20. The summed E-state index contributed by atoms with van der Waals surface area (Å²) in [7, 11) is 3.84. The quantitative estimate of drug-likeness (QED) is 0.438. The predicted octanol–water partition coefficient (Wildman–Crippen LogP) is 4.80. The summed E-state index contributed by atoms with van der Waals surface area (Å²) in [6.07, 6.45) is 0. The molecule has 0 spiro atoms. The van der Waals surface area contributed by atoms with Gasteiger partial charge in [-0.2, -0.15) is 0 Å². The van der Waals surface area contributed by atoms with Crippen LogP contribution in [0, 0.1) is 0 Å². The van der Waals surface area contributed by atoms with E-state index in [4.69, 9.17) is 0 Å². The van der Waals surface area contributed by atoms with Crippen molar-refractivity contribution in [2.75, 3.05) is 19.0 Å². The van der Waals surface area contributed by atoms with E-state index >= 15 is 0 Å². The molecule has 0 aliphatic heterocycles. The van der Waals surface area contributed by atoms with Gasteiger partial charge in [-0.1, -0.05) is 65.9 Å². The number of hydrogen-bond donors (Lipinski definition) is 0. The number of rotatable bonds is 2. The first-order chi connectivity index (χ1) is 13.6. The van der Waals surface area contributed by atoms with Gasteiger partial charge >= 0.3 is 0 Å². The summed E-state index contributed by atoms with van der Waals surface area (Å²) in [5.74, 6) is -0.256. The lowest BCUT2D eigenvalue weighted by Crippen LogP contribution is -2.22. The maximum atomic E-state index is 13.4. The van der Waals surface area contributed by atoms with E-state index in [1.807, 2.05) is 55.4 Å². The number of nitrogens with zero attached hydrogens (tertiary/aromatic N) is 2. The summed E-state index contributed by atoms with van der Waals surface area (Å²) in [4.78, 5) is 33.5. The number of carbonyl (C=O) groups is 2. The number of ketones is 2. The second-order valence-corrected chi connectivity index (χ2v) is 7.99. The Labute approximate surface area is 166 Å². The van der Waals surface area contributed by atoms with Crippen molar-refractivity contribution in [3.05, 3.63) is 82.9 Å². The minimum absolute atomic E-state index is 0.120. The summed E-state index contributed by atoms with van der Waals surface area (Å²) < 4.78 is 0.904. The van der Waals surface area contributed by atoms with Crippen LogP contribution in [0.5, 0.6) is 0 Å². The molecule has 0 atom stereocenters. The largest absolute Gasteiger partial charge is 0.354 e. The van der Waals surface area contributed by atoms with Gasteiger partial charge in [0.15, 0.2) is 16.7 Å². The van der Waals surface area contributed by atoms with Crippen LogP contribution in [0.4, 0.5) is 5.13 Å². The van der Waals surface area contributed by atoms with Crippen molar-refractivity contribution in [1.82, 2.24) is 4.98 Å². The predicted molar refractivity (Wildman–Crippen MR) is 113 cm³/mol. The Morgan fingerprint density at radius 3 is 2.04 bits per heavy atom. The van der Waals surface area contributed by atoms with Crippen LogP contribution in [0.3, 0.4) is 0 Å². The first kappa shape index (κ1) is 16.8. The van der Waals surface area contributed by atoms with E-state index in [9.17, 15) is 9.59 Å². The van der Waals surface area contributed by atoms with Crippen molar-refractivity contribution >= 4 is 38.3 Å². The molecule has 1 aliphatic rings. The molecule has 3 aromatic carbocycles. The number of fused-ring (bicyclic) bond motifs is 4. The van der Waals surface area contributed by atoms with Gasteiger partial charge in [-0.05, 0) is 17.2 Å². The zero-order chi connectivity index (χ0) is 19.4. The normalized spacial score (nSPS) is 12.8. The highest BCUT2D eigenvalue weighted by molar-refractivity contribution is 7.22. The molecule has 4 aromatic rings. The molecule has 28 heavy (non-hydrogen) atoms. The maximum Gasteiger partial charge on any atom is 0.196 e. The van der Waals surface area contributed by atoms with Crippen molar-refractivity contribution < 1.29 is 9.59 Å². The summed E-state index contributed by atoms with van der Waals surface area (Å²) in [5, 5.41) is 0.807. The molecule has 1 aliphatic carbocycles. The molecule has 0 unspecified atom stereocenters. The Bertz CT molecular complexity index is 1270. The van der Waals surface area contributed by atoms with E-state index < -0.39 is 0 Å². The molecule has 0 N–H and O–H groups in total. The smallest absolute Gasteiger partial charge is 0.196 e. The van der Waals surface area contributed by atoms with E-state index in [0.717, 1.165) is 21.0 Å². The first-order valence-electron chi connectivity index (χ1n) is 8.95. The van der Waals surface area contributed by atoms with Crippen molar-refractivity contribution in [2.45, 2.75) is 0 Å². The van der Waals surface area contributed by atoms with E-state index in [-0.39, 0.29) is 11.6 Å². The zero-order valence-electron chi connectivity index (χ0n) is 15.4. The van der Waals surface area contributed by atoms with Gasteiger partial charge in [0.1, 0.15) is 0 Å². The van der Waals surface area contributed by atoms with Gasteiger partial charge in [0.25, 0.3) is 0 Å². The van der Waals surface area contributed by atoms with Gasteiger partial charge < -0.3 is 4.90 Å². The molecule has 1 aromatic heterocycles. The third-order valence-electron chi connectivity index (χ3n) is 5.01. The molecular formula is C23H16N2O2S. The molecule has 0 saturated heterocycles. The highest BCUT2D eigenvalue weighted by atomic mass is 32.1. The van der Waals surface area contributed by atoms with E-state index in [2.05, 4.69) is 4.98 Å². The number of hydrogen-bond acceptors (Lipinski definition) is 5. The maximum absolute atomic E-state index is 13.4. The topological polar surface area (TPSA) is 50.3 Å². The van der Waals surface area contributed by atoms with Crippen LogP contribution in [0.2, 0.25) is 0 Å². The van der Waals surface area contributed by atoms with Gasteiger partial charge in [0.05, 0.1) is 15.8 Å². The molecule has 0 amide bonds. The highest BCUT2D eigenvalue weighted by Crippen LogP contribution is 2.41. The number of carbonyl (C=O) groups excluding carboxylic acids is 2. The standard InChI is InChI=1S/C23H16N2O2S/c1-25(2)23-24-20-17(28-23)12-16(13-8-4-3-5-9-13)18-19(20)22(27)15-11-7-6-10-14(15)21(18)26/h3-12H,1-2H3. The average molecular weight is 384 g/mol. The Balaban J connectivity index is 1.92. The molecule has 136 valence electrons. The van der Waals surface area contributed by atoms with Crippen LogP contribution in [-0.4, -0.2) is 30.6 Å². The Kier molecular flexibility index (Phi) is 3.67. The van der Waals surface area contributed by atoms with Crippen LogP contribution >= 0.6 is 11.3 Å². The van der Waals surface area contributed by atoms with Gasteiger partial charge in [0.2, 0.25) is 0 Å². The second-order valence-electron chi connectivity index (χ2n) is 6.98. The van der Waals surface area contributed by atoms with Crippen molar-refractivity contribution in [1.29, 1.82) is 0 Å². The van der Waals surface area contributed by atoms with Gasteiger partial charge in [-0.25, -0.2) is 4.98 Å². The summed E-state index contributed by atoms with van der Waals surface area (Å²) in [5.41, 5.74) is 4.09. The van der Waals surface area contributed by atoms with E-state index in [0.29, 0.717) is 27.8 Å². The molecular weight excluding hydrogens is 368 g/mol. The van der Waals surface area contributed by atoms with Gasteiger partial charge in [0, 0.05) is 30.8 Å². The molecule has 0 radical (unpaired) electrons. The zero-order valence-corrected chi connectivity index (χ0v) is 16.2. The van der Waals surface area contributed by atoms with Gasteiger partial charge in [-0.15, -0.1) is 0 Å². The molecule has 4 nitrogen and oxygen atoms in total. The number of anilines is 1. The van der Waals surface area contributed by atoms with Crippen LogP contribution < -0.4 is 4.90 Å². The fourth-order valence-corrected chi connectivity index (χ4v) is 4.63. The summed E-state index contributed by atoms with van der Waals surface area (Å²) >= 11 is 1.52. The molecule has 0 fully saturated rings. The Morgan fingerprint density at radius 1 is 0.786 bits per heavy atom. The lowest BCUT2D eigenvalue weighted by atomic mass is 9.80. The first-order valence-corrected chi connectivity index (χ1v) is 9.76. The van der Waals surface area contributed by atoms with Crippen molar-refractivity contribution in [2.24, 2.45) is 0 Å². The van der Waals surface area contributed by atoms with Gasteiger partial charge in [-0.3, -0.25) is 9.59 Å². The van der Waals surface area contributed by atoms with Crippen LogP contribution in [0.25, 0.3) is 21.3 Å². The van der Waals surface area contributed by atoms with Crippen molar-refractivity contribution in [3.63, 3.8) is 0 Å². The van der Waals surface area contributed by atoms with Crippen LogP contribution in [0.1, 0.15) is 31.8 Å². The third-order valence-corrected chi connectivity index (χ3v) is 6.18. The SMILES string of the molecule is CN(C)c1nc2c3c(c(-c4ccccc4)cc2s1)C(=O)c1ccccc1C3=O. The minimum Gasteiger partial charge on any atom is -0.354 e. The van der Waals surface area contributed by atoms with E-state index in [1.54, 1.807) is 24.3 Å². The van der Waals surface area contributed by atoms with Crippen molar-refractivity contribution in [3.8, 4) is 11.1 Å². The number of thiazole rings is 1. The fourth-order valence-electron chi connectivity index (χ4n) is 3.70. The lowest BCUT2D eigenvalue weighted by molar-refractivity contribution is 0.0980. The Morgan fingerprint density at radius 2 is 1.39 bits per heavy atom. The second kappa shape index (κ2) is 6.11. The highest BCUT2D eigenvalue weighted by Gasteiger charge is 2.34. The molecule has 0 bridgehead atoms. The fraction of sp³-hybridized carbons (Fsp3) is 0.0870. The van der Waals surface area contributed by atoms with Crippen LogP contribution in [-0.2, 0) is 0 Å². The molecule has 5 rings (SSSR count). The number of benzene rings is 3. The van der Waals surface area contributed by atoms with E-state index in [1.165, 1.54) is 11.3 Å². The molecule has 0 saturated carbocycles. The minimum atomic E-state index is -0.136.